The van der Waals surface area contributed by atoms with Crippen molar-refractivity contribution in [1.29, 1.82) is 0 Å². The molecule has 3 saturated carbocycles. The van der Waals surface area contributed by atoms with E-state index in [0.29, 0.717) is 37.0 Å². The summed E-state index contributed by atoms with van der Waals surface area (Å²) in [6.45, 7) is 11.1. The lowest BCUT2D eigenvalue weighted by atomic mass is 9.45. The molecule has 0 unspecified atom stereocenters. The standard InChI is InChI=1S/C28H46O5/c1-15(2)16(3)6-7-17(4)21-10-11-22-20-9-8-18-12-19(29)13-24(31)27(18,5)25(20)23(30)14-28(21,22)26(32)33/h8,15-17,19-25,29-31H,6-7,9-14H2,1-5H3,(H,32,33)/t16-,17-,19-,20+,21-,22+,23-,24+,25-,27-,28+/m1/s1. The molecule has 33 heavy (non-hydrogen) atoms. The van der Waals surface area contributed by atoms with Crippen molar-refractivity contribution in [2.24, 2.45) is 52.3 Å². The van der Waals surface area contributed by atoms with Crippen LogP contribution in [0.3, 0.4) is 0 Å². The molecule has 0 aromatic rings. The molecule has 0 aromatic carbocycles. The number of carboxylic acid groups (broad SMARTS) is 1. The Bertz CT molecular complexity index is 776. The van der Waals surface area contributed by atoms with Crippen LogP contribution >= 0.6 is 0 Å². The number of aliphatic hydroxyl groups excluding tert-OH is 3. The maximum absolute atomic E-state index is 13.0. The molecule has 0 heterocycles. The first-order valence-electron chi connectivity index (χ1n) is 13.4. The molecule has 5 nitrogen and oxygen atoms in total. The van der Waals surface area contributed by atoms with Crippen LogP contribution in [0.1, 0.15) is 86.0 Å². The van der Waals surface area contributed by atoms with Gasteiger partial charge in [0.15, 0.2) is 0 Å². The van der Waals surface area contributed by atoms with Crippen LogP contribution < -0.4 is 0 Å². The maximum atomic E-state index is 13.0. The lowest BCUT2D eigenvalue weighted by Crippen LogP contribution is -2.62. The number of carboxylic acids is 1. The van der Waals surface area contributed by atoms with Gasteiger partial charge in [0.05, 0.1) is 23.7 Å². The number of fused-ring (bicyclic) bond motifs is 5. The summed E-state index contributed by atoms with van der Waals surface area (Å²) in [5.41, 5.74) is -0.396. The number of aliphatic carboxylic acids is 1. The summed E-state index contributed by atoms with van der Waals surface area (Å²) >= 11 is 0. The first-order valence-corrected chi connectivity index (χ1v) is 13.4. The Labute approximate surface area is 199 Å². The second kappa shape index (κ2) is 8.95. The molecule has 5 heteroatoms. The SMILES string of the molecule is CC(C)[C@H](C)CC[C@@H](C)[C@H]1CC[C@H]2[C@@H]3CC=C4C[C@@H](O)C[C@H](O)[C@]4(C)[C@H]3[C@H](O)C[C@]12C(=O)O. The van der Waals surface area contributed by atoms with Gasteiger partial charge in [0, 0.05) is 11.8 Å². The van der Waals surface area contributed by atoms with Gasteiger partial charge in [-0.25, -0.2) is 0 Å². The summed E-state index contributed by atoms with van der Waals surface area (Å²) < 4.78 is 0. The zero-order valence-electron chi connectivity index (χ0n) is 21.2. The molecule has 0 saturated heterocycles. The molecule has 0 amide bonds. The topological polar surface area (TPSA) is 98.0 Å². The lowest BCUT2D eigenvalue weighted by molar-refractivity contribution is -0.188. The number of hydrogen-bond donors (Lipinski definition) is 4. The molecule has 0 aromatic heterocycles. The molecule has 0 aliphatic heterocycles. The first-order chi connectivity index (χ1) is 15.4. The monoisotopic (exact) mass is 462 g/mol. The quantitative estimate of drug-likeness (QED) is 0.431. The summed E-state index contributed by atoms with van der Waals surface area (Å²) in [5.74, 6) is 0.883. The third-order valence-corrected chi connectivity index (χ3v) is 11.0. The summed E-state index contributed by atoms with van der Waals surface area (Å²) in [5, 5.41) is 43.6. The Morgan fingerprint density at radius 3 is 2.45 bits per heavy atom. The normalized spacial score (nSPS) is 46.7. The van der Waals surface area contributed by atoms with E-state index in [9.17, 15) is 25.2 Å². The Morgan fingerprint density at radius 2 is 1.82 bits per heavy atom. The van der Waals surface area contributed by atoms with Gasteiger partial charge < -0.3 is 20.4 Å². The van der Waals surface area contributed by atoms with Crippen LogP contribution in [0.4, 0.5) is 0 Å². The number of rotatable bonds is 6. The number of aliphatic hydroxyl groups is 3. The molecule has 0 radical (unpaired) electrons. The molecule has 0 bridgehead atoms. The molecule has 4 aliphatic carbocycles. The number of hydrogen-bond acceptors (Lipinski definition) is 4. The summed E-state index contributed by atoms with van der Waals surface area (Å²) in [7, 11) is 0. The third kappa shape index (κ3) is 3.81. The maximum Gasteiger partial charge on any atom is 0.310 e. The average Bonchev–Trinajstić information content (AvgIpc) is 3.13. The fourth-order valence-electron chi connectivity index (χ4n) is 8.76. The summed E-state index contributed by atoms with van der Waals surface area (Å²) in [4.78, 5) is 13.0. The van der Waals surface area contributed by atoms with E-state index < -0.39 is 35.1 Å². The molecule has 0 spiro atoms. The van der Waals surface area contributed by atoms with E-state index in [4.69, 9.17) is 0 Å². The molecule has 11 atom stereocenters. The van der Waals surface area contributed by atoms with E-state index in [1.54, 1.807) is 0 Å². The van der Waals surface area contributed by atoms with Crippen molar-refractivity contribution in [2.75, 3.05) is 0 Å². The number of carbonyl (C=O) groups is 1. The Morgan fingerprint density at radius 1 is 1.12 bits per heavy atom. The average molecular weight is 463 g/mol. The minimum absolute atomic E-state index is 0.0343. The van der Waals surface area contributed by atoms with Gasteiger partial charge in [-0.1, -0.05) is 59.1 Å². The van der Waals surface area contributed by atoms with Crippen LogP contribution in [0.15, 0.2) is 11.6 Å². The second-order valence-corrected chi connectivity index (χ2v) is 12.7. The smallest absolute Gasteiger partial charge is 0.310 e. The van der Waals surface area contributed by atoms with Crippen molar-refractivity contribution in [3.05, 3.63) is 11.6 Å². The highest BCUT2D eigenvalue weighted by atomic mass is 16.4. The predicted octanol–water partition coefficient (Wildman–Crippen LogP) is 4.64. The fraction of sp³-hybridized carbons (Fsp3) is 0.893. The van der Waals surface area contributed by atoms with Crippen LogP contribution in [0.2, 0.25) is 0 Å². The van der Waals surface area contributed by atoms with Gasteiger partial charge in [0.1, 0.15) is 0 Å². The van der Waals surface area contributed by atoms with Crippen LogP contribution in [0.5, 0.6) is 0 Å². The zero-order chi connectivity index (χ0) is 24.3. The van der Waals surface area contributed by atoms with Gasteiger partial charge in [0.2, 0.25) is 0 Å². The minimum atomic E-state index is -0.873. The van der Waals surface area contributed by atoms with E-state index in [1.165, 1.54) is 0 Å². The highest BCUT2D eigenvalue weighted by Crippen LogP contribution is 2.67. The Kier molecular flexibility index (Phi) is 6.83. The fourth-order valence-corrected chi connectivity index (χ4v) is 8.76. The molecule has 4 aliphatic rings. The minimum Gasteiger partial charge on any atom is -0.481 e. The van der Waals surface area contributed by atoms with Crippen LogP contribution in [0.25, 0.3) is 0 Å². The lowest BCUT2D eigenvalue weighted by Gasteiger charge is -2.60. The van der Waals surface area contributed by atoms with E-state index in [-0.39, 0.29) is 23.7 Å². The van der Waals surface area contributed by atoms with Crippen molar-refractivity contribution >= 4 is 5.97 Å². The van der Waals surface area contributed by atoms with Crippen molar-refractivity contribution in [3.63, 3.8) is 0 Å². The van der Waals surface area contributed by atoms with Gasteiger partial charge in [-0.05, 0) is 73.5 Å². The third-order valence-electron chi connectivity index (χ3n) is 11.0. The molecule has 4 rings (SSSR count). The van der Waals surface area contributed by atoms with Crippen molar-refractivity contribution < 1.29 is 25.2 Å². The van der Waals surface area contributed by atoms with Gasteiger partial charge in [-0.3, -0.25) is 4.79 Å². The van der Waals surface area contributed by atoms with Crippen LogP contribution in [-0.2, 0) is 4.79 Å². The van der Waals surface area contributed by atoms with E-state index in [1.807, 2.05) is 6.92 Å². The highest BCUT2D eigenvalue weighted by molar-refractivity contribution is 5.76. The van der Waals surface area contributed by atoms with E-state index in [0.717, 1.165) is 37.7 Å². The number of allylic oxidation sites excluding steroid dienone is 1. The molecular weight excluding hydrogens is 416 g/mol. The van der Waals surface area contributed by atoms with Crippen molar-refractivity contribution in [3.8, 4) is 0 Å². The van der Waals surface area contributed by atoms with Gasteiger partial charge >= 0.3 is 5.97 Å². The predicted molar refractivity (Wildman–Crippen MR) is 128 cm³/mol. The van der Waals surface area contributed by atoms with Gasteiger partial charge in [-0.15, -0.1) is 0 Å². The summed E-state index contributed by atoms with van der Waals surface area (Å²) in [6.07, 6.45) is 6.04. The zero-order valence-corrected chi connectivity index (χ0v) is 21.2. The Balaban J connectivity index is 1.64. The molecular formula is C28H46O5. The van der Waals surface area contributed by atoms with Gasteiger partial charge in [-0.2, -0.15) is 0 Å². The largest absolute Gasteiger partial charge is 0.481 e. The molecule has 188 valence electrons. The van der Waals surface area contributed by atoms with E-state index >= 15 is 0 Å². The molecule has 3 fully saturated rings. The summed E-state index contributed by atoms with van der Waals surface area (Å²) in [6, 6.07) is 0. The van der Waals surface area contributed by atoms with E-state index in [2.05, 4.69) is 33.8 Å². The highest BCUT2D eigenvalue weighted by Gasteiger charge is 2.68. The molecule has 4 N–H and O–H groups in total. The van der Waals surface area contributed by atoms with Crippen molar-refractivity contribution in [1.82, 2.24) is 0 Å². The first kappa shape index (κ1) is 25.2. The Hall–Kier alpha value is -0.910. The second-order valence-electron chi connectivity index (χ2n) is 12.7. The van der Waals surface area contributed by atoms with Gasteiger partial charge in [0.25, 0.3) is 0 Å². The van der Waals surface area contributed by atoms with Crippen LogP contribution in [-0.4, -0.2) is 44.7 Å². The van der Waals surface area contributed by atoms with Crippen LogP contribution in [0, 0.1) is 52.3 Å². The van der Waals surface area contributed by atoms with Crippen molar-refractivity contribution in [2.45, 2.75) is 104 Å².